The van der Waals surface area contributed by atoms with Crippen LogP contribution in [0.2, 0.25) is 0 Å². The van der Waals surface area contributed by atoms with E-state index in [1.807, 2.05) is 45.0 Å². The Morgan fingerprint density at radius 3 is 2.65 bits per heavy atom. The van der Waals surface area contributed by atoms with E-state index < -0.39 is 0 Å². The molecule has 0 bridgehead atoms. The fraction of sp³-hybridized carbons (Fsp3) is 0.250. The van der Waals surface area contributed by atoms with Crippen LogP contribution in [0.4, 0.5) is 10.2 Å². The highest BCUT2D eigenvalue weighted by molar-refractivity contribution is 5.56. The van der Waals surface area contributed by atoms with Crippen molar-refractivity contribution in [2.24, 2.45) is 0 Å². The van der Waals surface area contributed by atoms with E-state index in [2.05, 4.69) is 20.3 Å². The van der Waals surface area contributed by atoms with Gasteiger partial charge in [0.15, 0.2) is 17.4 Å². The number of hydrogen-bond donors (Lipinski definition) is 1. The number of hydrogen-bond acceptors (Lipinski definition) is 5. The number of nitrogens with one attached hydrogen (secondary N) is 1. The molecular formula is C20H21FN4O. The van der Waals surface area contributed by atoms with Gasteiger partial charge in [0, 0.05) is 24.0 Å². The molecule has 0 aliphatic heterocycles. The Morgan fingerprint density at radius 2 is 1.96 bits per heavy atom. The molecule has 0 unspecified atom stereocenters. The van der Waals surface area contributed by atoms with Gasteiger partial charge in [0.05, 0.1) is 6.61 Å². The molecule has 0 radical (unpaired) electrons. The van der Waals surface area contributed by atoms with E-state index in [0.29, 0.717) is 30.5 Å². The van der Waals surface area contributed by atoms with Gasteiger partial charge in [-0.1, -0.05) is 12.1 Å². The molecule has 0 fully saturated rings. The van der Waals surface area contributed by atoms with E-state index >= 15 is 0 Å². The van der Waals surface area contributed by atoms with Crippen LogP contribution in [0.15, 0.2) is 42.6 Å². The summed E-state index contributed by atoms with van der Waals surface area (Å²) in [5, 5.41) is 3.27. The number of halogens is 1. The predicted molar refractivity (Wildman–Crippen MR) is 99.6 cm³/mol. The molecule has 1 N–H and O–H groups in total. The van der Waals surface area contributed by atoms with Crippen LogP contribution in [0.25, 0.3) is 11.5 Å². The minimum atomic E-state index is -0.365. The first-order chi connectivity index (χ1) is 12.6. The van der Waals surface area contributed by atoms with Crippen molar-refractivity contribution in [1.82, 2.24) is 15.0 Å². The number of ether oxygens (including phenoxy) is 1. The minimum absolute atomic E-state index is 0.266. The summed E-state index contributed by atoms with van der Waals surface area (Å²) in [5.74, 6) is 1.18. The van der Waals surface area contributed by atoms with Crippen molar-refractivity contribution in [3.05, 3.63) is 65.2 Å². The highest BCUT2D eigenvalue weighted by Gasteiger charge is 2.11. The summed E-state index contributed by atoms with van der Waals surface area (Å²) >= 11 is 0. The molecule has 0 spiro atoms. The topological polar surface area (TPSA) is 59.9 Å². The Morgan fingerprint density at radius 1 is 1.12 bits per heavy atom. The van der Waals surface area contributed by atoms with Gasteiger partial charge in [-0.05, 0) is 50.6 Å². The SMILES string of the molecule is CCOc1ccc(CNc2nc(-c3ccccn3)nc(C)c2C)cc1F. The Hall–Kier alpha value is -3.02. The zero-order valence-electron chi connectivity index (χ0n) is 15.1. The van der Waals surface area contributed by atoms with Gasteiger partial charge in [-0.2, -0.15) is 0 Å². The van der Waals surface area contributed by atoms with E-state index in [9.17, 15) is 4.39 Å². The Kier molecular flexibility index (Phi) is 5.41. The van der Waals surface area contributed by atoms with Crippen molar-refractivity contribution in [3.8, 4) is 17.3 Å². The third kappa shape index (κ3) is 3.96. The molecule has 2 aromatic heterocycles. The second-order valence-corrected chi connectivity index (χ2v) is 5.87. The maximum atomic E-state index is 14.0. The maximum Gasteiger partial charge on any atom is 0.180 e. The maximum absolute atomic E-state index is 14.0. The summed E-state index contributed by atoms with van der Waals surface area (Å²) in [6.07, 6.45) is 1.71. The second-order valence-electron chi connectivity index (χ2n) is 5.87. The molecule has 0 saturated carbocycles. The van der Waals surface area contributed by atoms with Gasteiger partial charge in [-0.3, -0.25) is 4.98 Å². The first-order valence-electron chi connectivity index (χ1n) is 8.50. The number of pyridine rings is 1. The highest BCUT2D eigenvalue weighted by Crippen LogP contribution is 2.22. The van der Waals surface area contributed by atoms with Crippen LogP contribution in [-0.2, 0) is 6.54 Å². The number of aromatic nitrogens is 3. The van der Waals surface area contributed by atoms with Gasteiger partial charge in [0.1, 0.15) is 11.5 Å². The van der Waals surface area contributed by atoms with Crippen LogP contribution < -0.4 is 10.1 Å². The largest absolute Gasteiger partial charge is 0.491 e. The van der Waals surface area contributed by atoms with E-state index in [-0.39, 0.29) is 11.6 Å². The number of benzene rings is 1. The van der Waals surface area contributed by atoms with E-state index in [1.165, 1.54) is 6.07 Å². The Labute approximate surface area is 152 Å². The minimum Gasteiger partial charge on any atom is -0.491 e. The molecule has 0 aliphatic rings. The van der Waals surface area contributed by atoms with Crippen molar-refractivity contribution in [1.29, 1.82) is 0 Å². The number of nitrogens with zero attached hydrogens (tertiary/aromatic N) is 3. The van der Waals surface area contributed by atoms with Gasteiger partial charge < -0.3 is 10.1 Å². The highest BCUT2D eigenvalue weighted by atomic mass is 19.1. The molecule has 2 heterocycles. The summed E-state index contributed by atoms with van der Waals surface area (Å²) in [6, 6.07) is 10.6. The molecule has 3 aromatic rings. The van der Waals surface area contributed by atoms with E-state index in [4.69, 9.17) is 4.74 Å². The van der Waals surface area contributed by atoms with Crippen LogP contribution in [0.3, 0.4) is 0 Å². The molecule has 0 amide bonds. The first kappa shape index (κ1) is 17.8. The smallest absolute Gasteiger partial charge is 0.180 e. The third-order valence-electron chi connectivity index (χ3n) is 4.04. The molecule has 1 aromatic carbocycles. The van der Waals surface area contributed by atoms with Gasteiger partial charge in [0.25, 0.3) is 0 Å². The molecule has 5 nitrogen and oxygen atoms in total. The number of anilines is 1. The van der Waals surface area contributed by atoms with E-state index in [1.54, 1.807) is 12.3 Å². The molecule has 6 heteroatoms. The van der Waals surface area contributed by atoms with Crippen LogP contribution in [0.1, 0.15) is 23.7 Å². The monoisotopic (exact) mass is 352 g/mol. The summed E-state index contributed by atoms with van der Waals surface area (Å²) in [6.45, 7) is 6.60. The van der Waals surface area contributed by atoms with Crippen LogP contribution in [0.5, 0.6) is 5.75 Å². The fourth-order valence-electron chi connectivity index (χ4n) is 2.52. The molecular weight excluding hydrogens is 331 g/mol. The lowest BCUT2D eigenvalue weighted by atomic mass is 10.2. The predicted octanol–water partition coefficient (Wildman–Crippen LogP) is 4.31. The van der Waals surface area contributed by atoms with Crippen LogP contribution >= 0.6 is 0 Å². The molecule has 0 atom stereocenters. The number of rotatable bonds is 6. The summed E-state index contributed by atoms with van der Waals surface area (Å²) in [7, 11) is 0. The second kappa shape index (κ2) is 7.91. The number of aryl methyl sites for hydroxylation is 1. The zero-order chi connectivity index (χ0) is 18.5. The normalized spacial score (nSPS) is 10.6. The van der Waals surface area contributed by atoms with E-state index in [0.717, 1.165) is 16.8 Å². The van der Waals surface area contributed by atoms with Gasteiger partial charge >= 0.3 is 0 Å². The quantitative estimate of drug-likeness (QED) is 0.716. The Bertz CT molecular complexity index is 900. The first-order valence-corrected chi connectivity index (χ1v) is 8.50. The van der Waals surface area contributed by atoms with Crippen LogP contribution in [0, 0.1) is 19.7 Å². The average molecular weight is 352 g/mol. The van der Waals surface area contributed by atoms with Crippen molar-refractivity contribution < 1.29 is 9.13 Å². The molecule has 0 saturated heterocycles. The van der Waals surface area contributed by atoms with Crippen molar-refractivity contribution in [3.63, 3.8) is 0 Å². The lowest BCUT2D eigenvalue weighted by Crippen LogP contribution is -2.07. The summed E-state index contributed by atoms with van der Waals surface area (Å²) in [4.78, 5) is 13.4. The third-order valence-corrected chi connectivity index (χ3v) is 4.04. The van der Waals surface area contributed by atoms with Gasteiger partial charge in [0.2, 0.25) is 0 Å². The summed E-state index contributed by atoms with van der Waals surface area (Å²) < 4.78 is 19.2. The molecule has 3 rings (SSSR count). The fourth-order valence-corrected chi connectivity index (χ4v) is 2.52. The van der Waals surface area contributed by atoms with Gasteiger partial charge in [-0.25, -0.2) is 14.4 Å². The van der Waals surface area contributed by atoms with Crippen LogP contribution in [-0.4, -0.2) is 21.6 Å². The summed E-state index contributed by atoms with van der Waals surface area (Å²) in [5.41, 5.74) is 3.35. The standard InChI is InChI=1S/C20H21FN4O/c1-4-26-18-9-8-15(11-16(18)21)12-23-19-13(2)14(3)24-20(25-19)17-7-5-6-10-22-17/h5-11H,4,12H2,1-3H3,(H,23,24,25). The van der Waals surface area contributed by atoms with Crippen molar-refractivity contribution >= 4 is 5.82 Å². The lowest BCUT2D eigenvalue weighted by Gasteiger charge is -2.13. The zero-order valence-corrected chi connectivity index (χ0v) is 15.1. The van der Waals surface area contributed by atoms with Crippen molar-refractivity contribution in [2.45, 2.75) is 27.3 Å². The lowest BCUT2D eigenvalue weighted by molar-refractivity contribution is 0.321. The molecule has 26 heavy (non-hydrogen) atoms. The molecule has 134 valence electrons. The molecule has 0 aliphatic carbocycles. The average Bonchev–Trinajstić information content (AvgIpc) is 2.65. The van der Waals surface area contributed by atoms with Gasteiger partial charge in [-0.15, -0.1) is 0 Å². The Balaban J connectivity index is 1.81. The van der Waals surface area contributed by atoms with Crippen molar-refractivity contribution in [2.75, 3.05) is 11.9 Å².